The molecule has 1 unspecified atom stereocenters. The van der Waals surface area contributed by atoms with E-state index in [-0.39, 0.29) is 22.4 Å². The molecule has 0 saturated heterocycles. The molecule has 1 aliphatic heterocycles. The van der Waals surface area contributed by atoms with Crippen LogP contribution in [0.25, 0.3) is 0 Å². The highest BCUT2D eigenvalue weighted by Gasteiger charge is 2.28. The second-order valence-electron chi connectivity index (χ2n) is 7.35. The van der Waals surface area contributed by atoms with Crippen LogP contribution < -0.4 is 5.32 Å². The van der Waals surface area contributed by atoms with Crippen LogP contribution in [-0.2, 0) is 16.1 Å². The molecule has 1 heterocycles. The minimum Gasteiger partial charge on any atom is -0.481 e. The molecular weight excluding hydrogens is 422 g/mol. The molecule has 0 aromatic heterocycles. The number of carboxylic acids is 1. The zero-order chi connectivity index (χ0) is 21.2. The molecule has 2 N–H and O–H groups in total. The van der Waals surface area contributed by atoms with Gasteiger partial charge in [-0.1, -0.05) is 61.4 Å². The highest BCUT2D eigenvalue weighted by molar-refractivity contribution is 8.25. The number of aliphatic carboxylic acids is 1. The number of carbonyl (C=O) groups is 2. The van der Waals surface area contributed by atoms with E-state index < -0.39 is 5.97 Å². The summed E-state index contributed by atoms with van der Waals surface area (Å²) >= 11 is 2.77. The number of rotatable bonds is 9. The first-order valence-corrected chi connectivity index (χ1v) is 12.3. The van der Waals surface area contributed by atoms with Gasteiger partial charge in [0, 0.05) is 12.6 Å². The van der Waals surface area contributed by atoms with Gasteiger partial charge in [0.25, 0.3) is 0 Å². The lowest BCUT2D eigenvalue weighted by atomic mass is 9.94. The third-order valence-electron chi connectivity index (χ3n) is 5.10. The molecule has 1 saturated carbocycles. The molecule has 1 fully saturated rings. The van der Waals surface area contributed by atoms with Crippen molar-refractivity contribution in [3.8, 4) is 0 Å². The Morgan fingerprint density at radius 1 is 1.23 bits per heavy atom. The van der Waals surface area contributed by atoms with Crippen LogP contribution in [0.5, 0.6) is 0 Å². The maximum absolute atomic E-state index is 13.0. The fourth-order valence-corrected chi connectivity index (χ4v) is 5.56. The van der Waals surface area contributed by atoms with Gasteiger partial charge in [0.1, 0.15) is 0 Å². The Balaban J connectivity index is 1.48. The summed E-state index contributed by atoms with van der Waals surface area (Å²) in [5, 5.41) is 12.3. The van der Waals surface area contributed by atoms with Crippen LogP contribution in [0.15, 0.2) is 35.3 Å². The van der Waals surface area contributed by atoms with Crippen LogP contribution in [0, 0.1) is 0 Å². The van der Waals surface area contributed by atoms with Crippen molar-refractivity contribution < 1.29 is 19.4 Å². The Kier molecular flexibility index (Phi) is 9.35. The Morgan fingerprint density at radius 2 is 2.00 bits per heavy atom. The second kappa shape index (κ2) is 12.2. The zero-order valence-corrected chi connectivity index (χ0v) is 18.6. The lowest BCUT2D eigenvalue weighted by Gasteiger charge is -2.34. The topological polar surface area (TPSA) is 91.2 Å². The number of urea groups is 1. The van der Waals surface area contributed by atoms with E-state index in [2.05, 4.69) is 10.3 Å². The first kappa shape index (κ1) is 23.0. The van der Waals surface area contributed by atoms with Gasteiger partial charge in [-0.25, -0.2) is 4.79 Å². The largest absolute Gasteiger partial charge is 0.481 e. The van der Waals surface area contributed by atoms with Gasteiger partial charge in [-0.3, -0.25) is 15.1 Å². The quantitative estimate of drug-likeness (QED) is 0.555. The molecular formula is C21H29N3O4S2. The maximum Gasteiger partial charge on any atom is 0.323 e. The van der Waals surface area contributed by atoms with Crippen molar-refractivity contribution in [2.24, 2.45) is 4.99 Å². The van der Waals surface area contributed by atoms with Crippen LogP contribution in [0.4, 0.5) is 4.79 Å². The second-order valence-corrected chi connectivity index (χ2v) is 10.0. The Bertz CT molecular complexity index is 726. The summed E-state index contributed by atoms with van der Waals surface area (Å²) in [4.78, 5) is 30.0. The smallest absolute Gasteiger partial charge is 0.323 e. The van der Waals surface area contributed by atoms with Gasteiger partial charge in [0.15, 0.2) is 5.17 Å². The van der Waals surface area contributed by atoms with Gasteiger partial charge in [-0.15, -0.1) is 11.8 Å². The lowest BCUT2D eigenvalue weighted by molar-refractivity contribution is -0.133. The molecule has 3 rings (SSSR count). The molecule has 164 valence electrons. The van der Waals surface area contributed by atoms with Gasteiger partial charge >= 0.3 is 12.0 Å². The van der Waals surface area contributed by atoms with Gasteiger partial charge < -0.3 is 14.7 Å². The number of ether oxygens (including phenoxy) is 1. The Labute approximate surface area is 186 Å². The van der Waals surface area contributed by atoms with Crippen LogP contribution in [0.3, 0.4) is 0 Å². The zero-order valence-electron chi connectivity index (χ0n) is 17.0. The summed E-state index contributed by atoms with van der Waals surface area (Å²) in [6.45, 7) is 2.07. The number of carbonyl (C=O) groups excluding carboxylic acids is 1. The standard InChI is InChI=1S/C21H29N3O4S2/c25-18(26)15-29-19-13-22-20(30-19)23-21(27)24(17-9-5-2-6-10-17)11-12-28-14-16-7-3-1-4-8-16/h1,3-4,7-8,17,19H,2,5-6,9-15H2,(H,25,26)(H,22,23,27). The number of aliphatic imine (C=N–C) groups is 1. The van der Waals surface area contributed by atoms with Crippen molar-refractivity contribution in [2.75, 3.05) is 25.4 Å². The predicted octanol–water partition coefficient (Wildman–Crippen LogP) is 3.79. The molecule has 7 nitrogen and oxygen atoms in total. The number of hydrogen-bond acceptors (Lipinski definition) is 6. The van der Waals surface area contributed by atoms with Crippen molar-refractivity contribution in [1.82, 2.24) is 10.2 Å². The first-order valence-electron chi connectivity index (χ1n) is 10.4. The van der Waals surface area contributed by atoms with Gasteiger partial charge in [-0.2, -0.15) is 0 Å². The molecule has 1 atom stereocenters. The summed E-state index contributed by atoms with van der Waals surface area (Å²) < 4.78 is 5.85. The number of carboxylic acid groups (broad SMARTS) is 1. The number of nitrogens with zero attached hydrogens (tertiary/aromatic N) is 2. The number of hydrogen-bond donors (Lipinski definition) is 2. The van der Waals surface area contributed by atoms with E-state index in [1.807, 2.05) is 35.2 Å². The number of thioether (sulfide) groups is 2. The molecule has 2 amide bonds. The highest BCUT2D eigenvalue weighted by Crippen LogP contribution is 2.30. The third-order valence-corrected chi connectivity index (χ3v) is 7.60. The van der Waals surface area contributed by atoms with E-state index in [0.717, 1.165) is 31.2 Å². The van der Waals surface area contributed by atoms with E-state index in [4.69, 9.17) is 9.84 Å². The maximum atomic E-state index is 13.0. The van der Waals surface area contributed by atoms with Crippen molar-refractivity contribution in [3.63, 3.8) is 0 Å². The number of amidine groups is 1. The van der Waals surface area contributed by atoms with Gasteiger partial charge in [-0.05, 0) is 18.4 Å². The van der Waals surface area contributed by atoms with Crippen molar-refractivity contribution in [1.29, 1.82) is 0 Å². The average Bonchev–Trinajstić information content (AvgIpc) is 3.21. The number of amides is 2. The normalized spacial score (nSPS) is 19.3. The van der Waals surface area contributed by atoms with Gasteiger partial charge in [0.05, 0.1) is 30.1 Å². The Hall–Kier alpha value is -1.71. The van der Waals surface area contributed by atoms with Crippen molar-refractivity contribution in [2.45, 2.75) is 49.3 Å². The molecule has 30 heavy (non-hydrogen) atoms. The van der Waals surface area contributed by atoms with E-state index in [1.165, 1.54) is 29.9 Å². The van der Waals surface area contributed by atoms with Crippen LogP contribution in [0.1, 0.15) is 37.7 Å². The molecule has 1 aromatic carbocycles. The monoisotopic (exact) mass is 451 g/mol. The fraction of sp³-hybridized carbons (Fsp3) is 0.571. The van der Waals surface area contributed by atoms with Crippen LogP contribution in [-0.4, -0.2) is 63.2 Å². The molecule has 0 radical (unpaired) electrons. The summed E-state index contributed by atoms with van der Waals surface area (Å²) in [5.74, 6) is -0.793. The summed E-state index contributed by atoms with van der Waals surface area (Å²) in [6.07, 6.45) is 5.54. The predicted molar refractivity (Wildman–Crippen MR) is 122 cm³/mol. The van der Waals surface area contributed by atoms with E-state index in [1.54, 1.807) is 0 Å². The van der Waals surface area contributed by atoms with Crippen LogP contribution >= 0.6 is 23.5 Å². The van der Waals surface area contributed by atoms with E-state index >= 15 is 0 Å². The van der Waals surface area contributed by atoms with Crippen molar-refractivity contribution in [3.05, 3.63) is 35.9 Å². The lowest BCUT2D eigenvalue weighted by Crippen LogP contribution is -2.49. The SMILES string of the molecule is O=C(O)CSC1CN=C(NC(=O)N(CCOCc2ccccc2)C2CCCCC2)S1. The summed E-state index contributed by atoms with van der Waals surface area (Å²) in [7, 11) is 0. The van der Waals surface area contributed by atoms with Crippen LogP contribution in [0.2, 0.25) is 0 Å². The van der Waals surface area contributed by atoms with Crippen molar-refractivity contribution >= 4 is 40.7 Å². The minimum atomic E-state index is -0.836. The summed E-state index contributed by atoms with van der Waals surface area (Å²) in [6, 6.07) is 10.1. The third kappa shape index (κ3) is 7.52. The Morgan fingerprint density at radius 3 is 2.73 bits per heavy atom. The summed E-state index contributed by atoms with van der Waals surface area (Å²) in [5.41, 5.74) is 1.12. The molecule has 1 aromatic rings. The van der Waals surface area contributed by atoms with E-state index in [0.29, 0.717) is 31.5 Å². The van der Waals surface area contributed by atoms with E-state index in [9.17, 15) is 9.59 Å². The molecule has 2 aliphatic rings. The fourth-order valence-electron chi connectivity index (χ4n) is 3.61. The first-order chi connectivity index (χ1) is 14.6. The molecule has 1 aliphatic carbocycles. The number of nitrogens with one attached hydrogen (secondary N) is 1. The molecule has 9 heteroatoms. The highest BCUT2D eigenvalue weighted by atomic mass is 32.2. The molecule has 0 bridgehead atoms. The van der Waals surface area contributed by atoms with Gasteiger partial charge in [0.2, 0.25) is 0 Å². The average molecular weight is 452 g/mol. The minimum absolute atomic E-state index is 0.0359. The number of benzene rings is 1. The molecule has 0 spiro atoms.